The number of halogens is 3. The number of methoxy groups -OCH3 is 1. The molecule has 1 aromatic heterocycles. The molecule has 6 rings (SSSR count). The van der Waals surface area contributed by atoms with Gasteiger partial charge in [0.25, 0.3) is 5.82 Å². The van der Waals surface area contributed by atoms with Crippen molar-refractivity contribution < 1.29 is 22.7 Å². The van der Waals surface area contributed by atoms with Crippen molar-refractivity contribution in [2.45, 2.75) is 30.7 Å². The van der Waals surface area contributed by atoms with Crippen molar-refractivity contribution in [2.24, 2.45) is 0 Å². The Labute approximate surface area is 265 Å². The normalized spacial score (nSPS) is 19.2. The maximum absolute atomic E-state index is 13.6. The number of tetrazole rings is 1. The predicted molar refractivity (Wildman–Crippen MR) is 166 cm³/mol. The number of hydrogen-bond acceptors (Lipinski definition) is 7. The number of rotatable bonds is 7. The second kappa shape index (κ2) is 13.1. The molecule has 0 spiro atoms. The fourth-order valence-electron chi connectivity index (χ4n) is 6.85. The molecule has 0 aliphatic carbocycles. The molecule has 242 valence electrons. The third-order valence-corrected chi connectivity index (χ3v) is 8.85. The Hall–Kier alpha value is -4.49. The topological polar surface area (TPSA) is 82.9 Å². The number of hydrogen-bond donors (Lipinski definition) is 0. The third kappa shape index (κ3) is 6.42. The minimum atomic E-state index is -4.71. The van der Waals surface area contributed by atoms with E-state index in [1.807, 2.05) is 17.0 Å². The van der Waals surface area contributed by atoms with E-state index in [9.17, 15) is 18.0 Å². The molecule has 10 nitrogen and oxygen atoms in total. The van der Waals surface area contributed by atoms with E-state index in [2.05, 4.69) is 73.9 Å². The summed E-state index contributed by atoms with van der Waals surface area (Å²) in [6, 6.07) is 25.8. The average molecular weight is 635 g/mol. The number of benzene rings is 3. The van der Waals surface area contributed by atoms with E-state index in [0.717, 1.165) is 6.54 Å². The maximum atomic E-state index is 13.6. The van der Waals surface area contributed by atoms with E-state index >= 15 is 0 Å². The summed E-state index contributed by atoms with van der Waals surface area (Å²) in [6.07, 6.45) is -4.71. The Balaban J connectivity index is 1.37. The number of carbonyl (C=O) groups is 1. The van der Waals surface area contributed by atoms with Gasteiger partial charge in [0.15, 0.2) is 0 Å². The van der Waals surface area contributed by atoms with E-state index in [1.165, 1.54) is 17.2 Å². The number of aromatic nitrogens is 4. The zero-order valence-corrected chi connectivity index (χ0v) is 26.0. The van der Waals surface area contributed by atoms with Crippen molar-refractivity contribution in [1.29, 1.82) is 0 Å². The number of ether oxygens (including phenoxy) is 1. The van der Waals surface area contributed by atoms with Crippen LogP contribution in [0.1, 0.15) is 28.4 Å². The quantitative estimate of drug-likeness (QED) is 0.299. The van der Waals surface area contributed by atoms with Crippen LogP contribution in [0.25, 0.3) is 5.69 Å². The van der Waals surface area contributed by atoms with E-state index in [-0.39, 0.29) is 29.7 Å². The summed E-state index contributed by atoms with van der Waals surface area (Å²) in [5.74, 6) is -0.591. The Morgan fingerprint density at radius 2 is 1.63 bits per heavy atom. The molecule has 2 aliphatic rings. The smallest absolute Gasteiger partial charge is 0.453 e. The summed E-state index contributed by atoms with van der Waals surface area (Å²) in [6.45, 7) is 3.70. The van der Waals surface area contributed by atoms with Gasteiger partial charge in [0.1, 0.15) is 5.75 Å². The molecule has 2 aliphatic heterocycles. The highest BCUT2D eigenvalue weighted by Gasteiger charge is 2.43. The average Bonchev–Trinajstić information content (AvgIpc) is 3.57. The number of amides is 2. The van der Waals surface area contributed by atoms with Gasteiger partial charge in [-0.25, -0.2) is 4.79 Å². The molecule has 0 N–H and O–H groups in total. The van der Waals surface area contributed by atoms with E-state index < -0.39 is 12.0 Å². The summed E-state index contributed by atoms with van der Waals surface area (Å²) >= 11 is 0. The number of alkyl halides is 3. The molecule has 4 aromatic rings. The first-order valence-electron chi connectivity index (χ1n) is 15.2. The molecule has 0 radical (unpaired) electrons. The zero-order chi connectivity index (χ0) is 32.4. The van der Waals surface area contributed by atoms with Crippen LogP contribution in [0.5, 0.6) is 5.75 Å². The Morgan fingerprint density at radius 3 is 2.24 bits per heavy atom. The molecular weight excluding hydrogens is 597 g/mol. The van der Waals surface area contributed by atoms with Gasteiger partial charge in [-0.15, -0.1) is 5.10 Å². The molecular formula is C33H37F3N8O2. The second-order valence-corrected chi connectivity index (χ2v) is 12.0. The standard InChI is InChI=1S/C33H37F3N8O2/c1-40(2)32(45)42-16-17-43-27(21-42)20-41(22-28(43)30(23-10-6-4-7-11-23)24-12-8-5-9-13-24)19-25-18-26(14-15-29(25)46-3)44-31(33(34,35)36)37-38-39-44/h4-15,18,27-28,30H,16-17,19-22H2,1-3H3/t27-,28+/m1/s1. The number of carbonyl (C=O) groups excluding carboxylic acids is 1. The van der Waals surface area contributed by atoms with Gasteiger partial charge >= 0.3 is 12.2 Å². The maximum Gasteiger partial charge on any atom is 0.453 e. The van der Waals surface area contributed by atoms with Gasteiger partial charge < -0.3 is 14.5 Å². The molecule has 0 bridgehead atoms. The molecule has 3 heterocycles. The van der Waals surface area contributed by atoms with E-state index in [4.69, 9.17) is 4.74 Å². The SMILES string of the molecule is COc1ccc(-n2nnnc2C(F)(F)F)cc1CN1C[C@@H]2CN(C(=O)N(C)C)CCN2[C@H](C(c2ccccc2)c2ccccc2)C1. The molecule has 2 fully saturated rings. The monoisotopic (exact) mass is 634 g/mol. The van der Waals surface area contributed by atoms with Gasteiger partial charge in [-0.05, 0) is 39.8 Å². The molecule has 0 unspecified atom stereocenters. The highest BCUT2D eigenvalue weighted by atomic mass is 19.4. The summed E-state index contributed by atoms with van der Waals surface area (Å²) < 4.78 is 47.3. The second-order valence-electron chi connectivity index (χ2n) is 12.0. The minimum absolute atomic E-state index is 0.0210. The van der Waals surface area contributed by atoms with Crippen LogP contribution in [0, 0.1) is 0 Å². The fraction of sp³-hybridized carbons (Fsp3) is 0.394. The van der Waals surface area contributed by atoms with Gasteiger partial charge in [-0.2, -0.15) is 17.9 Å². The van der Waals surface area contributed by atoms with Crippen LogP contribution in [0.15, 0.2) is 78.9 Å². The summed E-state index contributed by atoms with van der Waals surface area (Å²) in [4.78, 5) is 21.4. The van der Waals surface area contributed by atoms with E-state index in [1.54, 1.807) is 38.2 Å². The van der Waals surface area contributed by atoms with Crippen molar-refractivity contribution in [2.75, 3.05) is 53.9 Å². The van der Waals surface area contributed by atoms with E-state index in [0.29, 0.717) is 48.7 Å². The van der Waals surface area contributed by atoms with Gasteiger partial charge in [0.05, 0.1) is 12.8 Å². The van der Waals surface area contributed by atoms with Crippen LogP contribution in [-0.4, -0.2) is 112 Å². The van der Waals surface area contributed by atoms with Crippen molar-refractivity contribution in [1.82, 2.24) is 39.8 Å². The number of piperazine rings is 2. The lowest BCUT2D eigenvalue weighted by Gasteiger charge is -2.53. The largest absolute Gasteiger partial charge is 0.496 e. The van der Waals surface area contributed by atoms with Crippen molar-refractivity contribution in [3.05, 3.63) is 101 Å². The third-order valence-electron chi connectivity index (χ3n) is 8.85. The summed E-state index contributed by atoms with van der Waals surface area (Å²) in [7, 11) is 5.07. The lowest BCUT2D eigenvalue weighted by molar-refractivity contribution is -0.146. The molecule has 0 saturated carbocycles. The van der Waals surface area contributed by atoms with Gasteiger partial charge in [-0.1, -0.05) is 60.7 Å². The Morgan fingerprint density at radius 1 is 0.957 bits per heavy atom. The van der Waals surface area contributed by atoms with Crippen molar-refractivity contribution in [3.63, 3.8) is 0 Å². The Kier molecular flexibility index (Phi) is 8.96. The molecule has 46 heavy (non-hydrogen) atoms. The molecule has 2 amide bonds. The highest BCUT2D eigenvalue weighted by Crippen LogP contribution is 2.37. The first-order valence-corrected chi connectivity index (χ1v) is 15.2. The molecule has 13 heteroatoms. The predicted octanol–water partition coefficient (Wildman–Crippen LogP) is 4.37. The zero-order valence-electron chi connectivity index (χ0n) is 26.0. The van der Waals surface area contributed by atoms with Crippen LogP contribution >= 0.6 is 0 Å². The van der Waals surface area contributed by atoms with Crippen LogP contribution in [-0.2, 0) is 12.7 Å². The van der Waals surface area contributed by atoms with Crippen LogP contribution in [0.3, 0.4) is 0 Å². The van der Waals surface area contributed by atoms with Crippen LogP contribution in [0.2, 0.25) is 0 Å². The van der Waals surface area contributed by atoms with Crippen LogP contribution < -0.4 is 4.74 Å². The molecule has 2 atom stereocenters. The molecule has 2 saturated heterocycles. The lowest BCUT2D eigenvalue weighted by Crippen LogP contribution is -2.67. The van der Waals surface area contributed by atoms with Crippen molar-refractivity contribution >= 4 is 6.03 Å². The molecule has 3 aromatic carbocycles. The fourth-order valence-corrected chi connectivity index (χ4v) is 6.85. The summed E-state index contributed by atoms with van der Waals surface area (Å²) in [5, 5.41) is 10.1. The number of fused-ring (bicyclic) bond motifs is 1. The van der Waals surface area contributed by atoms with Crippen molar-refractivity contribution in [3.8, 4) is 11.4 Å². The van der Waals surface area contributed by atoms with Gasteiger partial charge in [0, 0.05) is 76.9 Å². The Bertz CT molecular complexity index is 1590. The highest BCUT2D eigenvalue weighted by molar-refractivity contribution is 5.74. The van der Waals surface area contributed by atoms with Gasteiger partial charge in [-0.3, -0.25) is 9.80 Å². The first kappa shape index (κ1) is 31.5. The number of urea groups is 1. The first-order chi connectivity index (χ1) is 22.1. The van der Waals surface area contributed by atoms with Crippen LogP contribution in [0.4, 0.5) is 18.0 Å². The van der Waals surface area contributed by atoms with Gasteiger partial charge in [0.2, 0.25) is 0 Å². The number of nitrogens with zero attached hydrogens (tertiary/aromatic N) is 8. The minimum Gasteiger partial charge on any atom is -0.496 e. The lowest BCUT2D eigenvalue weighted by atomic mass is 9.81. The summed E-state index contributed by atoms with van der Waals surface area (Å²) in [5.41, 5.74) is 3.30.